The summed E-state index contributed by atoms with van der Waals surface area (Å²) in [6, 6.07) is -6.57. The average molecular weight is 573 g/mol. The first-order chi connectivity index (χ1) is 18.2. The molecule has 2 saturated heterocycles. The lowest BCUT2D eigenvalue weighted by molar-refractivity contribution is -0.329. The van der Waals surface area contributed by atoms with Gasteiger partial charge in [0, 0.05) is 0 Å². The van der Waals surface area contributed by atoms with Crippen molar-refractivity contribution in [3.63, 3.8) is 0 Å². The summed E-state index contributed by atoms with van der Waals surface area (Å²) >= 11 is 0. The van der Waals surface area contributed by atoms with Crippen molar-refractivity contribution in [2.45, 2.75) is 98.1 Å². The molecule has 1 saturated carbocycles. The van der Waals surface area contributed by atoms with Crippen LogP contribution in [0.2, 0.25) is 0 Å². The van der Waals surface area contributed by atoms with E-state index < -0.39 is 111 Å². The Bertz CT molecular complexity index is 731. The van der Waals surface area contributed by atoms with Gasteiger partial charge in [0.05, 0.1) is 31.3 Å². The molecule has 15 atom stereocenters. The molecule has 3 aliphatic rings. The number of halogens is 5. The Morgan fingerprint density at radius 1 is 0.632 bits per heavy atom. The first-order valence-corrected chi connectivity index (χ1v) is 11.6. The molecule has 2 heterocycles. The fraction of sp³-hybridized carbons (Fsp3) is 1.00. The SMILES string of the molecule is OCC1OC(OC2C(NF)CC(NF)C(OC3OC(CNF)C(O)C(O)C3NF)C2O)C(O)C(NF)C1O. The fourth-order valence-corrected chi connectivity index (χ4v) is 4.82. The fourth-order valence-electron chi connectivity index (χ4n) is 4.82. The monoisotopic (exact) mass is 573 g/mol. The molecule has 11 N–H and O–H groups in total. The van der Waals surface area contributed by atoms with Gasteiger partial charge in [0.15, 0.2) is 12.6 Å². The van der Waals surface area contributed by atoms with Gasteiger partial charge < -0.3 is 49.6 Å². The van der Waals surface area contributed by atoms with Crippen molar-refractivity contribution < 1.29 is 72.0 Å². The second-order valence-corrected chi connectivity index (χ2v) is 9.20. The standard InChI is InChI=1S/C18H32F5N5O10/c19-24-2-6-11(31)12(32)9(28-23)17(35-6)37-15-4(25-20)1-5(26-21)16(14(15)34)38-18-13(33)8(27-22)10(30)7(3-29)36-18/h4-18,24-34H,1-3H2. The topological polar surface area (TPSA) is 218 Å². The Labute approximate surface area is 211 Å². The summed E-state index contributed by atoms with van der Waals surface area (Å²) < 4.78 is 88.2. The molecule has 0 aromatic heterocycles. The normalized spacial score (nSPS) is 48.2. The maximum atomic E-state index is 13.7. The molecule has 224 valence electrons. The summed E-state index contributed by atoms with van der Waals surface area (Å²) in [5.74, 6) is 0. The van der Waals surface area contributed by atoms with Crippen molar-refractivity contribution in [1.82, 2.24) is 27.7 Å². The molecule has 15 unspecified atom stereocenters. The van der Waals surface area contributed by atoms with Gasteiger partial charge in [-0.15, -0.1) is 27.9 Å². The summed E-state index contributed by atoms with van der Waals surface area (Å²) in [6.07, 6.45) is -20.1. The summed E-state index contributed by atoms with van der Waals surface area (Å²) in [7, 11) is 0. The van der Waals surface area contributed by atoms with Crippen LogP contribution < -0.4 is 27.7 Å². The molecule has 0 spiro atoms. The highest BCUT2D eigenvalue weighted by Gasteiger charge is 2.54. The highest BCUT2D eigenvalue weighted by molar-refractivity contribution is 5.02. The number of rotatable bonds is 11. The number of ether oxygens (including phenoxy) is 4. The Morgan fingerprint density at radius 3 is 1.68 bits per heavy atom. The summed E-state index contributed by atoms with van der Waals surface area (Å²) in [5.41, 5.74) is 6.07. The van der Waals surface area contributed by atoms with Gasteiger partial charge in [-0.2, -0.15) is 22.2 Å². The van der Waals surface area contributed by atoms with Crippen LogP contribution >= 0.6 is 0 Å². The van der Waals surface area contributed by atoms with E-state index >= 15 is 0 Å². The van der Waals surface area contributed by atoms with E-state index in [-0.39, 0.29) is 0 Å². The lowest BCUT2D eigenvalue weighted by Crippen LogP contribution is -2.69. The van der Waals surface area contributed by atoms with Crippen LogP contribution in [-0.2, 0) is 18.9 Å². The van der Waals surface area contributed by atoms with Gasteiger partial charge in [0.1, 0.15) is 61.0 Å². The van der Waals surface area contributed by atoms with E-state index in [1.165, 1.54) is 16.6 Å². The minimum absolute atomic E-state index is 0.528. The molecule has 0 aromatic carbocycles. The molecule has 1 aliphatic carbocycles. The molecular formula is C18H32F5N5O10. The maximum Gasteiger partial charge on any atom is 0.186 e. The summed E-state index contributed by atoms with van der Waals surface area (Å²) in [5, 5.41) is 61.0. The van der Waals surface area contributed by atoms with Gasteiger partial charge >= 0.3 is 0 Å². The predicted molar refractivity (Wildman–Crippen MR) is 110 cm³/mol. The molecule has 38 heavy (non-hydrogen) atoms. The third-order valence-corrected chi connectivity index (χ3v) is 6.95. The molecule has 2 aliphatic heterocycles. The van der Waals surface area contributed by atoms with Crippen LogP contribution in [0.1, 0.15) is 6.42 Å². The summed E-state index contributed by atoms with van der Waals surface area (Å²) in [6.45, 7) is -1.52. The van der Waals surface area contributed by atoms with Crippen molar-refractivity contribution in [1.29, 1.82) is 0 Å². The van der Waals surface area contributed by atoms with Crippen LogP contribution in [-0.4, -0.2) is 135 Å². The third kappa shape index (κ3) is 6.34. The minimum atomic E-state index is -2.03. The van der Waals surface area contributed by atoms with Crippen molar-refractivity contribution in [3.05, 3.63) is 0 Å². The predicted octanol–water partition coefficient (Wildman–Crippen LogP) is -4.75. The van der Waals surface area contributed by atoms with E-state index in [1.807, 2.05) is 0 Å². The van der Waals surface area contributed by atoms with Crippen LogP contribution in [0.4, 0.5) is 22.4 Å². The van der Waals surface area contributed by atoms with E-state index in [2.05, 4.69) is 0 Å². The first kappa shape index (κ1) is 31.6. The molecule has 0 radical (unpaired) electrons. The second kappa shape index (κ2) is 14.1. The number of aliphatic hydroxyl groups is 6. The van der Waals surface area contributed by atoms with Gasteiger partial charge in [-0.05, 0) is 6.42 Å². The zero-order valence-electron chi connectivity index (χ0n) is 19.5. The Morgan fingerprint density at radius 2 is 1.18 bits per heavy atom. The molecular weight excluding hydrogens is 541 g/mol. The minimum Gasteiger partial charge on any atom is -0.394 e. The average Bonchev–Trinajstić information content (AvgIpc) is 2.91. The number of nitrogens with one attached hydrogen (secondary N) is 5. The van der Waals surface area contributed by atoms with Crippen LogP contribution in [0.3, 0.4) is 0 Å². The van der Waals surface area contributed by atoms with E-state index in [1.54, 1.807) is 0 Å². The quantitative estimate of drug-likeness (QED) is 0.0826. The third-order valence-electron chi connectivity index (χ3n) is 6.95. The number of hydrogen-bond acceptors (Lipinski definition) is 15. The summed E-state index contributed by atoms with van der Waals surface area (Å²) in [4.78, 5) is 0. The van der Waals surface area contributed by atoms with Crippen molar-refractivity contribution in [3.8, 4) is 0 Å². The maximum absolute atomic E-state index is 13.7. The highest BCUT2D eigenvalue weighted by Crippen LogP contribution is 2.33. The van der Waals surface area contributed by atoms with Gasteiger partial charge in [0.2, 0.25) is 0 Å². The largest absolute Gasteiger partial charge is 0.394 e. The number of aliphatic hydroxyl groups excluding tert-OH is 6. The van der Waals surface area contributed by atoms with Gasteiger partial charge in [0.25, 0.3) is 0 Å². The van der Waals surface area contributed by atoms with Crippen molar-refractivity contribution in [2.75, 3.05) is 13.2 Å². The Balaban J connectivity index is 1.83. The molecule has 3 fully saturated rings. The van der Waals surface area contributed by atoms with Gasteiger partial charge in [-0.1, -0.05) is 0 Å². The van der Waals surface area contributed by atoms with E-state index in [0.717, 1.165) is 11.1 Å². The van der Waals surface area contributed by atoms with E-state index in [4.69, 9.17) is 18.9 Å². The van der Waals surface area contributed by atoms with Gasteiger partial charge in [-0.3, -0.25) is 0 Å². The molecule has 20 heteroatoms. The van der Waals surface area contributed by atoms with Gasteiger partial charge in [-0.25, -0.2) is 0 Å². The van der Waals surface area contributed by atoms with Crippen molar-refractivity contribution in [2.24, 2.45) is 0 Å². The molecule has 3 rings (SSSR count). The molecule has 0 amide bonds. The molecule has 15 nitrogen and oxygen atoms in total. The van der Waals surface area contributed by atoms with E-state index in [9.17, 15) is 53.0 Å². The van der Waals surface area contributed by atoms with Crippen LogP contribution in [0, 0.1) is 0 Å². The van der Waals surface area contributed by atoms with Crippen LogP contribution in [0.5, 0.6) is 0 Å². The second-order valence-electron chi connectivity index (χ2n) is 9.20. The lowest BCUT2D eigenvalue weighted by Gasteiger charge is -2.48. The zero-order valence-corrected chi connectivity index (χ0v) is 19.5. The molecule has 0 aromatic rings. The first-order valence-electron chi connectivity index (χ1n) is 11.6. The lowest BCUT2D eigenvalue weighted by atomic mass is 9.84. The highest BCUT2D eigenvalue weighted by atomic mass is 19.2. The van der Waals surface area contributed by atoms with E-state index in [0.29, 0.717) is 0 Å². The number of hydrogen-bond donors (Lipinski definition) is 11. The van der Waals surface area contributed by atoms with Crippen molar-refractivity contribution >= 4 is 0 Å². The molecule has 0 bridgehead atoms. The Hall–Kier alpha value is -0.950. The smallest absolute Gasteiger partial charge is 0.186 e. The van der Waals surface area contributed by atoms with Crippen LogP contribution in [0.25, 0.3) is 0 Å². The Kier molecular flexibility index (Phi) is 11.7. The zero-order chi connectivity index (χ0) is 28.1. The van der Waals surface area contributed by atoms with Crippen LogP contribution in [0.15, 0.2) is 0 Å².